The van der Waals surface area contributed by atoms with Gasteiger partial charge >= 0.3 is 0 Å². The van der Waals surface area contributed by atoms with Crippen LogP contribution < -0.4 is 5.32 Å². The van der Waals surface area contributed by atoms with Gasteiger partial charge in [-0.2, -0.15) is 0 Å². The Bertz CT molecular complexity index is 265. The molecule has 19 heavy (non-hydrogen) atoms. The van der Waals surface area contributed by atoms with Crippen LogP contribution in [0.2, 0.25) is 0 Å². The zero-order valence-electron chi connectivity index (χ0n) is 12.5. The van der Waals surface area contributed by atoms with E-state index in [9.17, 15) is 5.11 Å². The topological polar surface area (TPSA) is 44.7 Å². The first-order valence-electron chi connectivity index (χ1n) is 7.77. The third-order valence-electron chi connectivity index (χ3n) is 4.87. The van der Waals surface area contributed by atoms with Crippen LogP contribution in [-0.2, 0) is 4.74 Å². The second-order valence-corrected chi connectivity index (χ2v) is 6.62. The van der Waals surface area contributed by atoms with E-state index >= 15 is 0 Å². The van der Waals surface area contributed by atoms with Gasteiger partial charge in [0.1, 0.15) is 0 Å². The van der Waals surface area contributed by atoms with E-state index in [1.165, 1.54) is 25.7 Å². The van der Waals surface area contributed by atoms with Crippen molar-refractivity contribution < 1.29 is 9.84 Å². The van der Waals surface area contributed by atoms with Gasteiger partial charge in [-0.3, -0.25) is 4.90 Å². The normalized spacial score (nSPS) is 37.4. The van der Waals surface area contributed by atoms with Crippen molar-refractivity contribution in [2.75, 3.05) is 46.4 Å². The maximum Gasteiger partial charge on any atom is 0.0932 e. The van der Waals surface area contributed by atoms with Gasteiger partial charge in [0.05, 0.1) is 19.3 Å². The molecule has 1 heterocycles. The van der Waals surface area contributed by atoms with Crippen molar-refractivity contribution in [1.82, 2.24) is 10.2 Å². The number of nitrogens with one attached hydrogen (secondary N) is 1. The van der Waals surface area contributed by atoms with E-state index in [0.29, 0.717) is 5.41 Å². The molecule has 1 unspecified atom stereocenters. The molecule has 2 aliphatic rings. The molecule has 0 spiro atoms. The molecule has 1 aliphatic carbocycles. The highest BCUT2D eigenvalue weighted by Gasteiger charge is 2.36. The minimum Gasteiger partial charge on any atom is -0.394 e. The number of rotatable bonds is 5. The first-order chi connectivity index (χ1) is 9.17. The van der Waals surface area contributed by atoms with Gasteiger partial charge in [-0.1, -0.05) is 19.8 Å². The van der Waals surface area contributed by atoms with Crippen molar-refractivity contribution in [2.45, 2.75) is 38.7 Å². The highest BCUT2D eigenvalue weighted by molar-refractivity contribution is 4.90. The Balaban J connectivity index is 1.92. The summed E-state index contributed by atoms with van der Waals surface area (Å²) in [6.07, 6.45) is 5.39. The van der Waals surface area contributed by atoms with Crippen LogP contribution in [0.15, 0.2) is 0 Å². The van der Waals surface area contributed by atoms with Gasteiger partial charge in [0.15, 0.2) is 0 Å². The molecule has 2 rings (SSSR count). The fourth-order valence-electron chi connectivity index (χ4n) is 3.65. The number of hydrogen-bond donors (Lipinski definition) is 2. The van der Waals surface area contributed by atoms with Crippen LogP contribution in [-0.4, -0.2) is 62.6 Å². The number of ether oxygens (including phenoxy) is 1. The van der Waals surface area contributed by atoms with E-state index in [1.807, 2.05) is 0 Å². The molecule has 1 saturated carbocycles. The average molecular weight is 270 g/mol. The molecule has 0 radical (unpaired) electrons. The molecule has 4 heteroatoms. The lowest BCUT2D eigenvalue weighted by Gasteiger charge is -2.44. The van der Waals surface area contributed by atoms with E-state index in [4.69, 9.17) is 4.74 Å². The second-order valence-electron chi connectivity index (χ2n) is 6.62. The lowest BCUT2D eigenvalue weighted by atomic mass is 9.70. The molecule has 1 saturated heterocycles. The molecular weight excluding hydrogens is 240 g/mol. The van der Waals surface area contributed by atoms with Gasteiger partial charge in [0.2, 0.25) is 0 Å². The molecule has 0 bridgehead atoms. The van der Waals surface area contributed by atoms with Crippen molar-refractivity contribution in [3.05, 3.63) is 0 Å². The summed E-state index contributed by atoms with van der Waals surface area (Å²) in [4.78, 5) is 2.50. The molecule has 4 nitrogen and oxygen atoms in total. The zero-order chi connectivity index (χ0) is 13.7. The standard InChI is InChI=1S/C15H30N2O2/c1-13-3-5-15(6-4-13,11-16-2)12-17-7-8-19-14(9-17)10-18/h13-14,16,18H,3-12H2,1-2H3. The highest BCUT2D eigenvalue weighted by Crippen LogP contribution is 2.39. The molecule has 0 aromatic rings. The van der Waals surface area contributed by atoms with Gasteiger partial charge in [-0.05, 0) is 31.2 Å². The molecule has 0 aromatic carbocycles. The van der Waals surface area contributed by atoms with Crippen LogP contribution in [0.4, 0.5) is 0 Å². The van der Waals surface area contributed by atoms with Gasteiger partial charge in [0, 0.05) is 26.2 Å². The largest absolute Gasteiger partial charge is 0.394 e. The predicted molar refractivity (Wildman–Crippen MR) is 77.3 cm³/mol. The number of hydrogen-bond acceptors (Lipinski definition) is 4. The van der Waals surface area contributed by atoms with Crippen LogP contribution in [0.3, 0.4) is 0 Å². The lowest BCUT2D eigenvalue weighted by molar-refractivity contribution is -0.0662. The van der Waals surface area contributed by atoms with Crippen LogP contribution in [0.1, 0.15) is 32.6 Å². The van der Waals surface area contributed by atoms with Gasteiger partial charge < -0.3 is 15.2 Å². The van der Waals surface area contributed by atoms with Crippen LogP contribution in [0.25, 0.3) is 0 Å². The van der Waals surface area contributed by atoms with E-state index in [1.54, 1.807) is 0 Å². The molecule has 0 amide bonds. The fourth-order valence-corrected chi connectivity index (χ4v) is 3.65. The summed E-state index contributed by atoms with van der Waals surface area (Å²) in [7, 11) is 2.07. The SMILES string of the molecule is CNCC1(CN2CCOC(CO)C2)CCC(C)CC1. The number of aliphatic hydroxyl groups excluding tert-OH is 1. The summed E-state index contributed by atoms with van der Waals surface area (Å²) >= 11 is 0. The number of aliphatic hydroxyl groups is 1. The van der Waals surface area contributed by atoms with Crippen molar-refractivity contribution >= 4 is 0 Å². The van der Waals surface area contributed by atoms with E-state index < -0.39 is 0 Å². The Kier molecular flexibility index (Phi) is 5.63. The first kappa shape index (κ1) is 15.2. The summed E-state index contributed by atoms with van der Waals surface area (Å²) < 4.78 is 5.55. The number of morpholine rings is 1. The molecule has 2 N–H and O–H groups in total. The van der Waals surface area contributed by atoms with Crippen molar-refractivity contribution in [2.24, 2.45) is 11.3 Å². The summed E-state index contributed by atoms with van der Waals surface area (Å²) in [6.45, 7) is 7.44. The minimum atomic E-state index is 0.0166. The van der Waals surface area contributed by atoms with E-state index in [2.05, 4.69) is 24.2 Å². The van der Waals surface area contributed by atoms with Crippen LogP contribution >= 0.6 is 0 Å². The summed E-state index contributed by atoms with van der Waals surface area (Å²) in [5.74, 6) is 0.889. The quantitative estimate of drug-likeness (QED) is 0.785. The first-order valence-corrected chi connectivity index (χ1v) is 7.77. The monoisotopic (exact) mass is 270 g/mol. The maximum absolute atomic E-state index is 9.25. The molecular formula is C15H30N2O2. The maximum atomic E-state index is 9.25. The summed E-state index contributed by atoms with van der Waals surface area (Å²) in [5, 5.41) is 12.7. The smallest absolute Gasteiger partial charge is 0.0932 e. The van der Waals surface area contributed by atoms with E-state index in [-0.39, 0.29) is 12.7 Å². The third kappa shape index (κ3) is 4.15. The molecule has 1 aliphatic heterocycles. The minimum absolute atomic E-state index is 0.0166. The molecule has 0 aromatic heterocycles. The van der Waals surface area contributed by atoms with Crippen LogP contribution in [0.5, 0.6) is 0 Å². The number of nitrogens with zero attached hydrogens (tertiary/aromatic N) is 1. The Labute approximate surface area is 117 Å². The Hall–Kier alpha value is -0.160. The molecule has 1 atom stereocenters. The highest BCUT2D eigenvalue weighted by atomic mass is 16.5. The zero-order valence-corrected chi connectivity index (χ0v) is 12.5. The van der Waals surface area contributed by atoms with Crippen molar-refractivity contribution in [1.29, 1.82) is 0 Å². The fraction of sp³-hybridized carbons (Fsp3) is 1.00. The lowest BCUT2D eigenvalue weighted by Crippen LogP contribution is -2.51. The summed E-state index contributed by atoms with van der Waals surface area (Å²) in [6, 6.07) is 0. The van der Waals surface area contributed by atoms with Gasteiger partial charge in [-0.25, -0.2) is 0 Å². The van der Waals surface area contributed by atoms with Gasteiger partial charge in [0.25, 0.3) is 0 Å². The average Bonchev–Trinajstić information content (AvgIpc) is 2.43. The Morgan fingerprint density at radius 1 is 1.37 bits per heavy atom. The molecule has 2 fully saturated rings. The van der Waals surface area contributed by atoms with E-state index in [0.717, 1.165) is 38.7 Å². The Morgan fingerprint density at radius 2 is 2.11 bits per heavy atom. The predicted octanol–water partition coefficient (Wildman–Crippen LogP) is 1.10. The Morgan fingerprint density at radius 3 is 2.74 bits per heavy atom. The molecule has 112 valence electrons. The second kappa shape index (κ2) is 7.02. The van der Waals surface area contributed by atoms with Gasteiger partial charge in [-0.15, -0.1) is 0 Å². The van der Waals surface area contributed by atoms with Crippen molar-refractivity contribution in [3.63, 3.8) is 0 Å². The third-order valence-corrected chi connectivity index (χ3v) is 4.87. The van der Waals surface area contributed by atoms with Crippen molar-refractivity contribution in [3.8, 4) is 0 Å². The van der Waals surface area contributed by atoms with Crippen LogP contribution in [0, 0.1) is 11.3 Å². The summed E-state index contributed by atoms with van der Waals surface area (Å²) in [5.41, 5.74) is 0.429.